The van der Waals surface area contributed by atoms with Crippen molar-refractivity contribution in [2.24, 2.45) is 0 Å². The maximum Gasteiger partial charge on any atom is 0.303 e. The van der Waals surface area contributed by atoms with Crippen LogP contribution in [0.25, 0.3) is 11.1 Å². The van der Waals surface area contributed by atoms with E-state index in [1.54, 1.807) is 36.4 Å². The molecule has 0 spiro atoms. The van der Waals surface area contributed by atoms with Crippen LogP contribution in [0.2, 0.25) is 0 Å². The minimum Gasteiger partial charge on any atom is -0.463 e. The molecule has 1 saturated heterocycles. The van der Waals surface area contributed by atoms with Crippen LogP contribution < -0.4 is 4.74 Å². The Balaban J connectivity index is 1.91. The van der Waals surface area contributed by atoms with Gasteiger partial charge in [0.05, 0.1) is 4.90 Å². The van der Waals surface area contributed by atoms with Crippen molar-refractivity contribution in [2.45, 2.75) is 63.3 Å². The van der Waals surface area contributed by atoms with Crippen molar-refractivity contribution in [3.8, 4) is 16.9 Å². The molecule has 216 valence electrons. The van der Waals surface area contributed by atoms with Gasteiger partial charge in [0.15, 0.2) is 22.0 Å². The van der Waals surface area contributed by atoms with Crippen molar-refractivity contribution >= 4 is 33.7 Å². The summed E-state index contributed by atoms with van der Waals surface area (Å²) >= 11 is 0. The molecular formula is C27H30O12S. The summed E-state index contributed by atoms with van der Waals surface area (Å²) in [4.78, 5) is 47.4. The van der Waals surface area contributed by atoms with Gasteiger partial charge in [0.25, 0.3) is 0 Å². The first-order chi connectivity index (χ1) is 18.7. The van der Waals surface area contributed by atoms with Crippen molar-refractivity contribution in [1.82, 2.24) is 0 Å². The number of rotatable bonds is 9. The van der Waals surface area contributed by atoms with Crippen LogP contribution in [-0.4, -0.2) is 75.9 Å². The summed E-state index contributed by atoms with van der Waals surface area (Å²) in [6.07, 6.45) is -5.37. The summed E-state index contributed by atoms with van der Waals surface area (Å²) in [5.41, 5.74) is 1.51. The Kier molecular flexibility index (Phi) is 9.88. The van der Waals surface area contributed by atoms with Gasteiger partial charge < -0.3 is 28.4 Å². The van der Waals surface area contributed by atoms with Crippen LogP contribution in [0.15, 0.2) is 53.4 Å². The van der Waals surface area contributed by atoms with Crippen LogP contribution in [0.3, 0.4) is 0 Å². The summed E-state index contributed by atoms with van der Waals surface area (Å²) in [5.74, 6) is -2.59. The van der Waals surface area contributed by atoms with Crippen molar-refractivity contribution in [3.63, 3.8) is 0 Å². The Morgan fingerprint density at radius 3 is 1.65 bits per heavy atom. The molecule has 0 radical (unpaired) electrons. The Bertz CT molecular complexity index is 1330. The van der Waals surface area contributed by atoms with Crippen LogP contribution in [0.1, 0.15) is 27.7 Å². The van der Waals surface area contributed by atoms with Crippen LogP contribution in [-0.2, 0) is 52.7 Å². The number of sulfone groups is 1. The van der Waals surface area contributed by atoms with Crippen LogP contribution in [0.5, 0.6) is 5.75 Å². The highest BCUT2D eigenvalue weighted by Crippen LogP contribution is 2.32. The van der Waals surface area contributed by atoms with Gasteiger partial charge in [-0.25, -0.2) is 8.42 Å². The SMILES string of the molecule is CC(=O)OC[C@H]1O[C@H](Oc2ccc(-c3ccc(S(C)(=O)=O)cc3)cc2)[C@@H](OC(C)=O)[C@@H](OC(C)=O)[C@@H]1OC(C)=O. The quantitative estimate of drug-likeness (QED) is 0.316. The molecule has 2 aromatic carbocycles. The Hall–Kier alpha value is -3.97. The van der Waals surface area contributed by atoms with Crippen molar-refractivity contribution in [2.75, 3.05) is 12.9 Å². The lowest BCUT2D eigenvalue weighted by molar-refractivity contribution is -0.288. The molecule has 0 unspecified atom stereocenters. The summed E-state index contributed by atoms with van der Waals surface area (Å²) in [7, 11) is -3.33. The molecular weight excluding hydrogens is 548 g/mol. The smallest absolute Gasteiger partial charge is 0.303 e. The zero-order valence-corrected chi connectivity index (χ0v) is 23.3. The highest BCUT2D eigenvalue weighted by molar-refractivity contribution is 7.90. The third kappa shape index (κ3) is 8.26. The molecule has 5 atom stereocenters. The zero-order valence-electron chi connectivity index (χ0n) is 22.5. The van der Waals surface area contributed by atoms with Gasteiger partial charge in [-0.1, -0.05) is 24.3 Å². The van der Waals surface area contributed by atoms with Crippen LogP contribution >= 0.6 is 0 Å². The molecule has 0 aliphatic carbocycles. The Morgan fingerprint density at radius 2 is 1.18 bits per heavy atom. The first kappa shape index (κ1) is 30.6. The van der Waals surface area contributed by atoms with E-state index in [1.807, 2.05) is 0 Å². The first-order valence-corrected chi connectivity index (χ1v) is 14.0. The average molecular weight is 579 g/mol. The van der Waals surface area contributed by atoms with Gasteiger partial charge in [0, 0.05) is 34.0 Å². The fourth-order valence-electron chi connectivity index (χ4n) is 4.04. The van der Waals surface area contributed by atoms with E-state index in [0.717, 1.165) is 38.2 Å². The highest BCUT2D eigenvalue weighted by atomic mass is 32.2. The van der Waals surface area contributed by atoms with Gasteiger partial charge in [0.1, 0.15) is 18.5 Å². The summed E-state index contributed by atoms with van der Waals surface area (Å²) in [6, 6.07) is 13.0. The van der Waals surface area contributed by atoms with Crippen molar-refractivity contribution in [1.29, 1.82) is 0 Å². The molecule has 2 aromatic rings. The molecule has 1 aliphatic heterocycles. The molecule has 0 N–H and O–H groups in total. The molecule has 0 aromatic heterocycles. The Labute approximate surface area is 231 Å². The van der Waals surface area contributed by atoms with Crippen molar-refractivity contribution in [3.05, 3.63) is 48.5 Å². The molecule has 1 heterocycles. The maximum absolute atomic E-state index is 12.0. The van der Waals surface area contributed by atoms with E-state index in [0.29, 0.717) is 0 Å². The van der Waals surface area contributed by atoms with E-state index in [-0.39, 0.29) is 17.3 Å². The third-order valence-corrected chi connectivity index (χ3v) is 6.80. The van der Waals surface area contributed by atoms with Gasteiger partial charge >= 0.3 is 23.9 Å². The highest BCUT2D eigenvalue weighted by Gasteiger charge is 2.53. The molecule has 0 bridgehead atoms. The van der Waals surface area contributed by atoms with Gasteiger partial charge in [0.2, 0.25) is 12.4 Å². The van der Waals surface area contributed by atoms with E-state index in [4.69, 9.17) is 28.4 Å². The summed E-state index contributed by atoms with van der Waals surface area (Å²) in [5, 5.41) is 0. The first-order valence-electron chi connectivity index (χ1n) is 12.1. The molecule has 0 saturated carbocycles. The number of carbonyl (C=O) groups excluding carboxylic acids is 4. The second-order valence-corrected chi connectivity index (χ2v) is 11.0. The van der Waals surface area contributed by atoms with Crippen molar-refractivity contribution < 1.29 is 56.0 Å². The average Bonchev–Trinajstić information content (AvgIpc) is 2.85. The summed E-state index contributed by atoms with van der Waals surface area (Å²) in [6.45, 7) is 4.20. The zero-order chi connectivity index (χ0) is 29.6. The predicted octanol–water partition coefficient (Wildman–Crippen LogP) is 2.22. The molecule has 3 rings (SSSR count). The van der Waals surface area contributed by atoms with Gasteiger partial charge in [-0.2, -0.15) is 0 Å². The van der Waals surface area contributed by atoms with Gasteiger partial charge in [-0.05, 0) is 35.4 Å². The normalized spacial score (nSPS) is 22.5. The van der Waals surface area contributed by atoms with Gasteiger partial charge in [-0.3, -0.25) is 19.2 Å². The number of esters is 4. The number of benzene rings is 2. The maximum atomic E-state index is 12.0. The lowest BCUT2D eigenvalue weighted by Crippen LogP contribution is -2.63. The number of hydrogen-bond acceptors (Lipinski definition) is 12. The monoisotopic (exact) mass is 578 g/mol. The number of hydrogen-bond donors (Lipinski definition) is 0. The topological polar surface area (TPSA) is 158 Å². The van der Waals surface area contributed by atoms with Crippen LogP contribution in [0, 0.1) is 0 Å². The molecule has 13 heteroatoms. The minimum atomic E-state index is -3.33. The van der Waals surface area contributed by atoms with E-state index < -0.39 is 64.4 Å². The third-order valence-electron chi connectivity index (χ3n) is 5.67. The Morgan fingerprint density at radius 1 is 0.700 bits per heavy atom. The van der Waals surface area contributed by atoms with Crippen LogP contribution in [0.4, 0.5) is 0 Å². The molecule has 1 aliphatic rings. The molecule has 0 amide bonds. The van der Waals surface area contributed by atoms with E-state index in [1.165, 1.54) is 19.1 Å². The summed E-state index contributed by atoms with van der Waals surface area (Å²) < 4.78 is 56.5. The fourth-order valence-corrected chi connectivity index (χ4v) is 4.67. The number of ether oxygens (including phenoxy) is 6. The number of carbonyl (C=O) groups is 4. The molecule has 1 fully saturated rings. The lowest BCUT2D eigenvalue weighted by Gasteiger charge is -2.43. The fraction of sp³-hybridized carbons (Fsp3) is 0.407. The second kappa shape index (κ2) is 12.9. The van der Waals surface area contributed by atoms with E-state index in [9.17, 15) is 27.6 Å². The van der Waals surface area contributed by atoms with E-state index in [2.05, 4.69) is 0 Å². The van der Waals surface area contributed by atoms with Gasteiger partial charge in [-0.15, -0.1) is 0 Å². The predicted molar refractivity (Wildman–Crippen MR) is 138 cm³/mol. The van der Waals surface area contributed by atoms with E-state index >= 15 is 0 Å². The molecule has 40 heavy (non-hydrogen) atoms. The minimum absolute atomic E-state index is 0.194. The largest absolute Gasteiger partial charge is 0.463 e. The molecule has 12 nitrogen and oxygen atoms in total. The second-order valence-electron chi connectivity index (χ2n) is 9.01. The lowest BCUT2D eigenvalue weighted by atomic mass is 9.98. The standard InChI is InChI=1S/C27H30O12S/c1-15(28)34-14-23-24(35-16(2)29)25(36-17(3)30)26(37-18(4)31)27(39-23)38-21-10-6-19(7-11-21)20-8-12-22(13-9-20)40(5,32)33/h6-13,23-27H,14H2,1-5H3/t23-,24-,25+,26+,27+/m1/s1.